The molecule has 36 heavy (non-hydrogen) atoms. The Morgan fingerprint density at radius 1 is 1.00 bits per heavy atom. The van der Waals surface area contributed by atoms with Crippen molar-refractivity contribution in [1.82, 2.24) is 14.5 Å². The number of rotatable bonds is 12. The molecule has 0 atom stereocenters. The average Bonchev–Trinajstić information content (AvgIpc) is 2.79. The van der Waals surface area contributed by atoms with E-state index in [9.17, 15) is 13.2 Å². The zero-order valence-electron chi connectivity index (χ0n) is 22.8. The second-order valence-corrected chi connectivity index (χ2v) is 12.1. The Morgan fingerprint density at radius 2 is 1.56 bits per heavy atom. The molecule has 2 rings (SSSR count). The van der Waals surface area contributed by atoms with Gasteiger partial charge in [0.25, 0.3) is 0 Å². The van der Waals surface area contributed by atoms with Crippen molar-refractivity contribution >= 4 is 15.9 Å². The second-order valence-electron chi connectivity index (χ2n) is 10.1. The average molecular weight is 520 g/mol. The van der Waals surface area contributed by atoms with E-state index in [-0.39, 0.29) is 36.1 Å². The molecule has 0 fully saturated rings. The number of amides is 1. The van der Waals surface area contributed by atoms with Crippen LogP contribution in [0.3, 0.4) is 0 Å². The van der Waals surface area contributed by atoms with Crippen molar-refractivity contribution < 1.29 is 22.7 Å². The third kappa shape index (κ3) is 8.58. The van der Waals surface area contributed by atoms with Crippen LogP contribution in [0.5, 0.6) is 5.75 Å². The van der Waals surface area contributed by atoms with E-state index in [0.717, 1.165) is 12.1 Å². The Balaban J connectivity index is 1.82. The molecule has 0 bridgehead atoms. The van der Waals surface area contributed by atoms with Crippen LogP contribution in [-0.4, -0.2) is 70.0 Å². The zero-order chi connectivity index (χ0) is 27.1. The van der Waals surface area contributed by atoms with Gasteiger partial charge in [-0.15, -0.1) is 0 Å². The van der Waals surface area contributed by atoms with Gasteiger partial charge in [0.05, 0.1) is 18.6 Å². The van der Waals surface area contributed by atoms with E-state index in [1.54, 1.807) is 45.0 Å². The van der Waals surface area contributed by atoms with E-state index in [2.05, 4.69) is 38.2 Å². The lowest BCUT2D eigenvalue weighted by atomic mass is 10.1. The standard InChI is InChI=1S/C27H41N3O5S/c1-20-15-24(34-8)16-21(2)26(20)36(32,33)30(7)13-14-35-19-25(31)29(6)18-23-11-9-22(10-12-23)17-28-27(3,4)5/h9-12,15-16,28H,13-14,17-19H2,1-8H3. The Bertz CT molecular complexity index is 1100. The van der Waals surface area contributed by atoms with Crippen molar-refractivity contribution in [3.63, 3.8) is 0 Å². The highest BCUT2D eigenvalue weighted by atomic mass is 32.2. The minimum absolute atomic E-state index is 0.0534. The molecule has 0 heterocycles. The van der Waals surface area contributed by atoms with Crippen LogP contribution in [-0.2, 0) is 32.6 Å². The number of sulfonamides is 1. The van der Waals surface area contributed by atoms with Crippen LogP contribution < -0.4 is 10.1 Å². The van der Waals surface area contributed by atoms with Gasteiger partial charge in [-0.3, -0.25) is 4.79 Å². The van der Waals surface area contributed by atoms with Gasteiger partial charge in [-0.05, 0) is 69.0 Å². The first-order valence-electron chi connectivity index (χ1n) is 12.0. The molecule has 0 aromatic heterocycles. The van der Waals surface area contributed by atoms with E-state index < -0.39 is 10.0 Å². The molecule has 0 aliphatic rings. The van der Waals surface area contributed by atoms with Gasteiger partial charge in [-0.2, -0.15) is 4.31 Å². The molecule has 0 aliphatic heterocycles. The van der Waals surface area contributed by atoms with Crippen molar-refractivity contribution in [3.8, 4) is 5.75 Å². The first-order valence-corrected chi connectivity index (χ1v) is 13.4. The minimum atomic E-state index is -3.70. The number of hydrogen-bond donors (Lipinski definition) is 1. The zero-order valence-corrected chi connectivity index (χ0v) is 23.7. The van der Waals surface area contributed by atoms with Crippen LogP contribution in [0, 0.1) is 13.8 Å². The molecule has 200 valence electrons. The van der Waals surface area contributed by atoms with E-state index >= 15 is 0 Å². The Morgan fingerprint density at radius 3 is 2.08 bits per heavy atom. The first-order chi connectivity index (χ1) is 16.7. The predicted octanol–water partition coefficient (Wildman–Crippen LogP) is 3.50. The first kappa shape index (κ1) is 29.8. The molecule has 0 spiro atoms. The van der Waals surface area contributed by atoms with Gasteiger partial charge in [-0.1, -0.05) is 24.3 Å². The summed E-state index contributed by atoms with van der Waals surface area (Å²) in [6.45, 7) is 11.3. The maximum absolute atomic E-state index is 13.1. The lowest BCUT2D eigenvalue weighted by Crippen LogP contribution is -2.35. The summed E-state index contributed by atoms with van der Waals surface area (Å²) in [5, 5.41) is 3.45. The summed E-state index contributed by atoms with van der Waals surface area (Å²) in [5.41, 5.74) is 3.51. The molecular weight excluding hydrogens is 478 g/mol. The number of aryl methyl sites for hydroxylation is 2. The van der Waals surface area contributed by atoms with Gasteiger partial charge in [0.15, 0.2) is 0 Å². The van der Waals surface area contributed by atoms with E-state index in [1.807, 2.05) is 12.1 Å². The lowest BCUT2D eigenvalue weighted by Gasteiger charge is -2.21. The number of benzene rings is 2. The van der Waals surface area contributed by atoms with E-state index in [1.165, 1.54) is 16.9 Å². The number of ether oxygens (including phenoxy) is 2. The maximum Gasteiger partial charge on any atom is 0.248 e. The Kier molecular flexibility index (Phi) is 10.5. The number of nitrogens with one attached hydrogen (secondary N) is 1. The number of likely N-dealkylation sites (N-methyl/N-ethyl adjacent to an activating group) is 2. The summed E-state index contributed by atoms with van der Waals surface area (Å²) in [6, 6.07) is 11.6. The molecule has 2 aromatic rings. The highest BCUT2D eigenvalue weighted by molar-refractivity contribution is 7.89. The number of hydrogen-bond acceptors (Lipinski definition) is 6. The third-order valence-electron chi connectivity index (χ3n) is 5.81. The fraction of sp³-hybridized carbons (Fsp3) is 0.519. The fourth-order valence-electron chi connectivity index (χ4n) is 3.67. The topological polar surface area (TPSA) is 88.2 Å². The second kappa shape index (κ2) is 12.7. The summed E-state index contributed by atoms with van der Waals surface area (Å²) in [6.07, 6.45) is 0. The van der Waals surface area contributed by atoms with Crippen LogP contribution in [0.15, 0.2) is 41.3 Å². The Hall–Kier alpha value is -2.46. The van der Waals surface area contributed by atoms with Crippen molar-refractivity contribution in [2.24, 2.45) is 0 Å². The smallest absolute Gasteiger partial charge is 0.248 e. The molecule has 0 aliphatic carbocycles. The van der Waals surface area contributed by atoms with Gasteiger partial charge in [0, 0.05) is 39.3 Å². The van der Waals surface area contributed by atoms with E-state index in [0.29, 0.717) is 23.4 Å². The molecule has 1 N–H and O–H groups in total. The molecule has 0 saturated carbocycles. The van der Waals surface area contributed by atoms with Crippen LogP contribution in [0.25, 0.3) is 0 Å². The molecule has 2 aromatic carbocycles. The van der Waals surface area contributed by atoms with Crippen LogP contribution >= 0.6 is 0 Å². The monoisotopic (exact) mass is 519 g/mol. The summed E-state index contributed by atoms with van der Waals surface area (Å²) >= 11 is 0. The van der Waals surface area contributed by atoms with Gasteiger partial charge in [-0.25, -0.2) is 8.42 Å². The number of carbonyl (C=O) groups excluding carboxylic acids is 1. The summed E-state index contributed by atoms with van der Waals surface area (Å²) in [7, 11) is 1.09. The number of nitrogens with zero attached hydrogens (tertiary/aromatic N) is 2. The van der Waals surface area contributed by atoms with Gasteiger partial charge in [0.1, 0.15) is 12.4 Å². The molecule has 0 unspecified atom stereocenters. The van der Waals surface area contributed by atoms with Crippen LogP contribution in [0.1, 0.15) is 43.0 Å². The normalized spacial score (nSPS) is 12.1. The summed E-state index contributed by atoms with van der Waals surface area (Å²) in [5.74, 6) is 0.451. The predicted molar refractivity (Wildman–Crippen MR) is 143 cm³/mol. The highest BCUT2D eigenvalue weighted by Gasteiger charge is 2.25. The summed E-state index contributed by atoms with van der Waals surface area (Å²) < 4.78 is 38.1. The number of methoxy groups -OCH3 is 1. The van der Waals surface area contributed by atoms with Gasteiger partial charge in [0.2, 0.25) is 15.9 Å². The number of carbonyl (C=O) groups is 1. The minimum Gasteiger partial charge on any atom is -0.497 e. The maximum atomic E-state index is 13.1. The van der Waals surface area contributed by atoms with Crippen molar-refractivity contribution in [2.75, 3.05) is 41.0 Å². The SMILES string of the molecule is COc1cc(C)c(S(=O)(=O)N(C)CCOCC(=O)N(C)Cc2ccc(CNC(C)(C)C)cc2)c(C)c1. The third-order valence-corrected chi connectivity index (χ3v) is 7.97. The molecule has 0 radical (unpaired) electrons. The van der Waals surface area contributed by atoms with Gasteiger partial charge < -0.3 is 19.7 Å². The quantitative estimate of drug-likeness (QED) is 0.432. The fourth-order valence-corrected chi connectivity index (χ4v) is 5.22. The highest BCUT2D eigenvalue weighted by Crippen LogP contribution is 2.27. The largest absolute Gasteiger partial charge is 0.497 e. The van der Waals surface area contributed by atoms with Crippen molar-refractivity contribution in [1.29, 1.82) is 0 Å². The molecule has 9 heteroatoms. The molecule has 8 nitrogen and oxygen atoms in total. The molecule has 0 saturated heterocycles. The van der Waals surface area contributed by atoms with E-state index in [4.69, 9.17) is 9.47 Å². The Labute approximate surface area is 216 Å². The molecule has 1 amide bonds. The van der Waals surface area contributed by atoms with Crippen LogP contribution in [0.4, 0.5) is 0 Å². The molecular formula is C27H41N3O5S. The summed E-state index contributed by atoms with van der Waals surface area (Å²) in [4.78, 5) is 14.4. The van der Waals surface area contributed by atoms with Crippen LogP contribution in [0.2, 0.25) is 0 Å². The van der Waals surface area contributed by atoms with Gasteiger partial charge >= 0.3 is 0 Å². The lowest BCUT2D eigenvalue weighted by molar-refractivity contribution is -0.135. The van der Waals surface area contributed by atoms with Crippen molar-refractivity contribution in [3.05, 3.63) is 58.7 Å². The van der Waals surface area contributed by atoms with Crippen molar-refractivity contribution in [2.45, 2.75) is 58.1 Å².